The van der Waals surface area contributed by atoms with E-state index in [-0.39, 0.29) is 29.9 Å². The van der Waals surface area contributed by atoms with Crippen LogP contribution >= 0.6 is 0 Å². The first-order valence-corrected chi connectivity index (χ1v) is 7.57. The zero-order valence-corrected chi connectivity index (χ0v) is 11.3. The highest BCUT2D eigenvalue weighted by atomic mass is 32.2. The lowest BCUT2D eigenvalue weighted by Gasteiger charge is -2.20. The molecule has 8 nitrogen and oxygen atoms in total. The van der Waals surface area contributed by atoms with Gasteiger partial charge in [-0.1, -0.05) is 0 Å². The number of benzene rings is 1. The number of carbonyl (C=O) groups is 1. The molecule has 0 aromatic heterocycles. The second-order valence-corrected chi connectivity index (χ2v) is 6.22. The molecule has 2 aliphatic rings. The van der Waals surface area contributed by atoms with Crippen molar-refractivity contribution in [2.24, 2.45) is 0 Å². The lowest BCUT2D eigenvalue weighted by molar-refractivity contribution is -0.118. The summed E-state index contributed by atoms with van der Waals surface area (Å²) in [4.78, 5) is 11.2. The predicted molar refractivity (Wildman–Crippen MR) is 73.7 cm³/mol. The van der Waals surface area contributed by atoms with Crippen molar-refractivity contribution in [3.05, 3.63) is 12.1 Å². The molecule has 1 aliphatic carbocycles. The molecule has 3 rings (SSSR count). The van der Waals surface area contributed by atoms with Gasteiger partial charge in [0.1, 0.15) is 5.75 Å². The largest absolute Gasteiger partial charge is 0.482 e. The van der Waals surface area contributed by atoms with Crippen LogP contribution in [0.5, 0.6) is 5.75 Å². The van der Waals surface area contributed by atoms with E-state index in [2.05, 4.69) is 14.8 Å². The lowest BCUT2D eigenvalue weighted by atomic mass is 10.2. The normalized spacial score (nSPS) is 17.9. The zero-order valence-electron chi connectivity index (χ0n) is 10.5. The molecule has 1 saturated carbocycles. The molecule has 1 heterocycles. The molecule has 1 fully saturated rings. The van der Waals surface area contributed by atoms with Crippen molar-refractivity contribution in [1.82, 2.24) is 4.72 Å². The van der Waals surface area contributed by atoms with Gasteiger partial charge in [0.05, 0.1) is 17.1 Å². The van der Waals surface area contributed by atoms with Gasteiger partial charge < -0.3 is 15.8 Å². The van der Waals surface area contributed by atoms with Crippen LogP contribution in [0.4, 0.5) is 17.1 Å². The predicted octanol–water partition coefficient (Wildman–Crippen LogP) is 0.00840. The number of nitrogen functional groups attached to an aromatic ring is 1. The van der Waals surface area contributed by atoms with Crippen LogP contribution in [0.3, 0.4) is 0 Å². The summed E-state index contributed by atoms with van der Waals surface area (Å²) in [6.45, 7) is -0.0826. The molecule has 1 aromatic rings. The van der Waals surface area contributed by atoms with E-state index in [0.29, 0.717) is 11.4 Å². The first-order chi connectivity index (χ1) is 9.43. The number of amides is 1. The Morgan fingerprint density at radius 2 is 2.10 bits per heavy atom. The van der Waals surface area contributed by atoms with Gasteiger partial charge in [-0.2, -0.15) is 13.1 Å². The van der Waals surface area contributed by atoms with Crippen LogP contribution in [0.15, 0.2) is 12.1 Å². The molecule has 9 heteroatoms. The molecule has 1 aromatic carbocycles. The van der Waals surface area contributed by atoms with Crippen LogP contribution in [0.2, 0.25) is 0 Å². The highest BCUT2D eigenvalue weighted by Gasteiger charge is 2.27. The number of nitrogens with one attached hydrogen (secondary N) is 3. The maximum atomic E-state index is 11.8. The van der Waals surface area contributed by atoms with Crippen molar-refractivity contribution < 1.29 is 17.9 Å². The quantitative estimate of drug-likeness (QED) is 0.583. The minimum Gasteiger partial charge on any atom is -0.482 e. The van der Waals surface area contributed by atoms with Crippen molar-refractivity contribution >= 4 is 33.2 Å². The average molecular weight is 298 g/mol. The highest BCUT2D eigenvalue weighted by molar-refractivity contribution is 7.90. The molecule has 1 amide bonds. The molecule has 20 heavy (non-hydrogen) atoms. The van der Waals surface area contributed by atoms with Crippen LogP contribution < -0.4 is 25.2 Å². The second-order valence-electron chi connectivity index (χ2n) is 4.77. The van der Waals surface area contributed by atoms with Crippen LogP contribution in [-0.4, -0.2) is 27.0 Å². The molecule has 0 unspecified atom stereocenters. The van der Waals surface area contributed by atoms with Gasteiger partial charge >= 0.3 is 0 Å². The molecule has 0 spiro atoms. The van der Waals surface area contributed by atoms with Gasteiger partial charge in [-0.05, 0) is 18.9 Å². The summed E-state index contributed by atoms with van der Waals surface area (Å²) in [7, 11) is -3.67. The molecule has 5 N–H and O–H groups in total. The number of ether oxygens (including phenoxy) is 1. The summed E-state index contributed by atoms with van der Waals surface area (Å²) >= 11 is 0. The lowest BCUT2D eigenvalue weighted by Crippen LogP contribution is -2.32. The fourth-order valence-corrected chi connectivity index (χ4v) is 3.03. The van der Waals surface area contributed by atoms with E-state index in [1.54, 1.807) is 0 Å². The second kappa shape index (κ2) is 4.53. The van der Waals surface area contributed by atoms with Gasteiger partial charge in [-0.25, -0.2) is 0 Å². The van der Waals surface area contributed by atoms with E-state index in [0.717, 1.165) is 12.8 Å². The Morgan fingerprint density at radius 3 is 2.80 bits per heavy atom. The summed E-state index contributed by atoms with van der Waals surface area (Å²) < 4.78 is 33.7. The molecule has 1 aliphatic heterocycles. The number of carbonyl (C=O) groups excluding carboxylic acids is 1. The number of nitrogens with two attached hydrogens (primary N) is 1. The van der Waals surface area contributed by atoms with Crippen molar-refractivity contribution in [3.63, 3.8) is 0 Å². The van der Waals surface area contributed by atoms with Gasteiger partial charge in [0, 0.05) is 12.1 Å². The fourth-order valence-electron chi connectivity index (χ4n) is 1.83. The number of rotatable bonds is 4. The summed E-state index contributed by atoms with van der Waals surface area (Å²) in [6, 6.07) is 2.91. The Bertz CT molecular complexity index is 669. The Morgan fingerprint density at radius 1 is 1.35 bits per heavy atom. The molecular weight excluding hydrogens is 284 g/mol. The Kier molecular flexibility index (Phi) is 2.94. The first kappa shape index (κ1) is 13.0. The molecular formula is C11H14N4O4S. The van der Waals surface area contributed by atoms with Crippen molar-refractivity contribution in [3.8, 4) is 5.75 Å². The smallest absolute Gasteiger partial charge is 0.299 e. The maximum absolute atomic E-state index is 11.8. The van der Waals surface area contributed by atoms with Crippen LogP contribution in [-0.2, 0) is 15.0 Å². The standard InChI is InChI=1S/C11H14N4O4S/c12-7-3-10-9(13-11(16)5-19-10)4-8(7)15-20(17,18)14-6-1-2-6/h3-4,6,14-15H,1-2,5,12H2,(H,13,16). The Hall–Kier alpha value is -2.00. The summed E-state index contributed by atoms with van der Waals surface area (Å²) in [5.41, 5.74) is 6.59. The first-order valence-electron chi connectivity index (χ1n) is 6.09. The fraction of sp³-hybridized carbons (Fsp3) is 0.364. The topological polar surface area (TPSA) is 123 Å². The van der Waals surface area contributed by atoms with Gasteiger partial charge in [0.15, 0.2) is 6.61 Å². The van der Waals surface area contributed by atoms with Crippen LogP contribution in [0, 0.1) is 0 Å². The molecule has 108 valence electrons. The third kappa shape index (κ3) is 2.78. The third-order valence-electron chi connectivity index (χ3n) is 2.93. The molecule has 0 atom stereocenters. The number of fused-ring (bicyclic) bond motifs is 1. The molecule has 0 radical (unpaired) electrons. The van der Waals surface area contributed by atoms with Crippen molar-refractivity contribution in [2.75, 3.05) is 22.4 Å². The Balaban J connectivity index is 1.85. The Labute approximate surface area is 115 Å². The SMILES string of the molecule is Nc1cc2c(cc1NS(=O)(=O)NC1CC1)NC(=O)CO2. The number of anilines is 3. The monoisotopic (exact) mass is 298 g/mol. The minimum absolute atomic E-state index is 0.00520. The summed E-state index contributed by atoms with van der Waals surface area (Å²) in [5.74, 6) is 0.118. The van der Waals surface area contributed by atoms with Crippen molar-refractivity contribution in [2.45, 2.75) is 18.9 Å². The summed E-state index contributed by atoms with van der Waals surface area (Å²) in [5, 5.41) is 2.59. The highest BCUT2D eigenvalue weighted by Crippen LogP contribution is 2.35. The van der Waals surface area contributed by atoms with Gasteiger partial charge in [-0.15, -0.1) is 0 Å². The zero-order chi connectivity index (χ0) is 14.3. The third-order valence-corrected chi connectivity index (χ3v) is 4.06. The van der Waals surface area contributed by atoms with E-state index >= 15 is 0 Å². The maximum Gasteiger partial charge on any atom is 0.299 e. The number of hydrogen-bond donors (Lipinski definition) is 4. The van der Waals surface area contributed by atoms with Crippen molar-refractivity contribution in [1.29, 1.82) is 0 Å². The van der Waals surface area contributed by atoms with Gasteiger partial charge in [0.2, 0.25) is 0 Å². The summed E-state index contributed by atoms with van der Waals surface area (Å²) in [6.07, 6.45) is 1.68. The minimum atomic E-state index is -3.67. The van der Waals surface area contributed by atoms with Gasteiger partial charge in [-0.3, -0.25) is 9.52 Å². The molecule has 0 saturated heterocycles. The van der Waals surface area contributed by atoms with E-state index in [1.165, 1.54) is 12.1 Å². The van der Waals surface area contributed by atoms with E-state index in [1.807, 2.05) is 0 Å². The van der Waals surface area contributed by atoms with E-state index < -0.39 is 10.2 Å². The van der Waals surface area contributed by atoms with E-state index in [9.17, 15) is 13.2 Å². The number of hydrogen-bond acceptors (Lipinski definition) is 5. The molecule has 0 bridgehead atoms. The van der Waals surface area contributed by atoms with Gasteiger partial charge in [0.25, 0.3) is 16.1 Å². The van der Waals surface area contributed by atoms with Crippen LogP contribution in [0.25, 0.3) is 0 Å². The van der Waals surface area contributed by atoms with Crippen LogP contribution in [0.1, 0.15) is 12.8 Å². The average Bonchev–Trinajstić information content (AvgIpc) is 3.13. The van der Waals surface area contributed by atoms with E-state index in [4.69, 9.17) is 10.5 Å².